The van der Waals surface area contributed by atoms with E-state index >= 15 is 0 Å². The molecule has 1 N–H and O–H groups in total. The largest absolute Gasteiger partial charge is 0.497 e. The molecule has 3 aliphatic rings. The number of likely N-dealkylation sites (tertiary alicyclic amines) is 1. The summed E-state index contributed by atoms with van der Waals surface area (Å²) in [5.74, 6) is 1.59. The van der Waals surface area contributed by atoms with Crippen molar-refractivity contribution >= 4 is 17.5 Å². The van der Waals surface area contributed by atoms with Crippen LogP contribution in [0.25, 0.3) is 0 Å². The van der Waals surface area contributed by atoms with Gasteiger partial charge in [0, 0.05) is 37.8 Å². The highest BCUT2D eigenvalue weighted by atomic mass is 16.5. The molecule has 1 saturated carbocycles. The third kappa shape index (κ3) is 4.26. The molecule has 0 spiro atoms. The van der Waals surface area contributed by atoms with Crippen molar-refractivity contribution in [3.63, 3.8) is 0 Å². The molecule has 2 heterocycles. The van der Waals surface area contributed by atoms with Crippen LogP contribution >= 0.6 is 0 Å². The minimum atomic E-state index is -0.226. The lowest BCUT2D eigenvalue weighted by Gasteiger charge is -2.34. The van der Waals surface area contributed by atoms with Crippen molar-refractivity contribution in [3.05, 3.63) is 24.3 Å². The molecular weight excluding hydrogens is 342 g/mol. The van der Waals surface area contributed by atoms with E-state index in [-0.39, 0.29) is 17.7 Å². The van der Waals surface area contributed by atoms with E-state index in [1.807, 2.05) is 29.2 Å². The average molecular weight is 371 g/mol. The predicted molar refractivity (Wildman–Crippen MR) is 104 cm³/mol. The standard InChI is InChI=1S/C21H29N3O3/c1-27-19-6-4-18(5-7-19)24-14-16(12-20(24)25)21(26)23-10-8-17(9-11-23)22-13-15-2-3-15/h4-7,15-17,22H,2-3,8-14H2,1H3. The predicted octanol–water partition coefficient (Wildman–Crippen LogP) is 2.04. The van der Waals surface area contributed by atoms with Gasteiger partial charge in [0.25, 0.3) is 0 Å². The molecule has 6 heteroatoms. The zero-order chi connectivity index (χ0) is 18.8. The van der Waals surface area contributed by atoms with Crippen molar-refractivity contribution in [2.24, 2.45) is 11.8 Å². The fourth-order valence-corrected chi connectivity index (χ4v) is 4.10. The number of ether oxygens (including phenoxy) is 1. The zero-order valence-corrected chi connectivity index (χ0v) is 16.0. The van der Waals surface area contributed by atoms with Crippen molar-refractivity contribution in [1.82, 2.24) is 10.2 Å². The van der Waals surface area contributed by atoms with Gasteiger partial charge in [0.2, 0.25) is 11.8 Å². The van der Waals surface area contributed by atoms with Crippen molar-refractivity contribution in [3.8, 4) is 5.75 Å². The summed E-state index contributed by atoms with van der Waals surface area (Å²) in [6, 6.07) is 7.98. The molecule has 3 fully saturated rings. The molecule has 6 nitrogen and oxygen atoms in total. The van der Waals surface area contributed by atoms with E-state index in [4.69, 9.17) is 4.74 Å². The lowest BCUT2D eigenvalue weighted by molar-refractivity contribution is -0.136. The Balaban J connectivity index is 1.29. The fraction of sp³-hybridized carbons (Fsp3) is 0.619. The highest BCUT2D eigenvalue weighted by molar-refractivity contribution is 6.00. The van der Waals surface area contributed by atoms with Crippen LogP contribution in [-0.4, -0.2) is 56.0 Å². The summed E-state index contributed by atoms with van der Waals surface area (Å²) in [5, 5.41) is 3.65. The molecule has 27 heavy (non-hydrogen) atoms. The Bertz CT molecular complexity index is 678. The Hall–Kier alpha value is -2.08. The molecule has 1 aromatic rings. The number of rotatable bonds is 6. The first-order valence-electron chi connectivity index (χ1n) is 10.1. The van der Waals surface area contributed by atoms with E-state index in [2.05, 4.69) is 5.32 Å². The van der Waals surface area contributed by atoms with Gasteiger partial charge in [-0.2, -0.15) is 0 Å². The molecule has 1 unspecified atom stereocenters. The summed E-state index contributed by atoms with van der Waals surface area (Å²) in [5.41, 5.74) is 0.832. The number of piperidine rings is 1. The molecule has 2 saturated heterocycles. The quantitative estimate of drug-likeness (QED) is 0.831. The summed E-state index contributed by atoms with van der Waals surface area (Å²) >= 11 is 0. The second kappa shape index (κ2) is 7.89. The third-order valence-corrected chi connectivity index (χ3v) is 6.06. The molecule has 0 bridgehead atoms. The zero-order valence-electron chi connectivity index (χ0n) is 16.0. The monoisotopic (exact) mass is 371 g/mol. The SMILES string of the molecule is COc1ccc(N2CC(C(=O)N3CCC(NCC4CC4)CC3)CC2=O)cc1. The number of nitrogens with zero attached hydrogens (tertiary/aromatic N) is 2. The first-order chi connectivity index (χ1) is 13.1. The second-order valence-corrected chi connectivity index (χ2v) is 8.05. The third-order valence-electron chi connectivity index (χ3n) is 6.06. The van der Waals surface area contributed by atoms with Gasteiger partial charge in [-0.1, -0.05) is 0 Å². The van der Waals surface area contributed by atoms with E-state index in [0.717, 1.165) is 49.8 Å². The van der Waals surface area contributed by atoms with Crippen LogP contribution < -0.4 is 15.0 Å². The first-order valence-corrected chi connectivity index (χ1v) is 10.1. The van der Waals surface area contributed by atoms with Gasteiger partial charge in [0.1, 0.15) is 5.75 Å². The molecule has 2 amide bonds. The van der Waals surface area contributed by atoms with Crippen LogP contribution in [0.1, 0.15) is 32.1 Å². The number of nitrogens with one attached hydrogen (secondary N) is 1. The summed E-state index contributed by atoms with van der Waals surface area (Å²) in [4.78, 5) is 29.1. The second-order valence-electron chi connectivity index (χ2n) is 8.05. The number of methoxy groups -OCH3 is 1. The smallest absolute Gasteiger partial charge is 0.228 e. The number of anilines is 1. The molecule has 146 valence electrons. The Labute approximate surface area is 160 Å². The lowest BCUT2D eigenvalue weighted by Crippen LogP contribution is -2.47. The van der Waals surface area contributed by atoms with E-state index in [0.29, 0.717) is 19.0 Å². The molecule has 1 aromatic carbocycles. The number of carbonyl (C=O) groups excluding carboxylic acids is 2. The molecule has 2 aliphatic heterocycles. The van der Waals surface area contributed by atoms with Crippen LogP contribution in [0.4, 0.5) is 5.69 Å². The molecule has 1 aliphatic carbocycles. The maximum Gasteiger partial charge on any atom is 0.228 e. The van der Waals surface area contributed by atoms with E-state index in [9.17, 15) is 9.59 Å². The van der Waals surface area contributed by atoms with Crippen LogP contribution in [0.5, 0.6) is 5.75 Å². The maximum absolute atomic E-state index is 12.9. The number of benzene rings is 1. The van der Waals surface area contributed by atoms with Crippen LogP contribution in [0, 0.1) is 11.8 Å². The molecule has 0 aromatic heterocycles. The van der Waals surface area contributed by atoms with Crippen molar-refractivity contribution in [1.29, 1.82) is 0 Å². The summed E-state index contributed by atoms with van der Waals surface area (Å²) in [6.45, 7) is 3.21. The Morgan fingerprint density at radius 3 is 2.48 bits per heavy atom. The average Bonchev–Trinajstić information content (AvgIpc) is 3.46. The summed E-state index contributed by atoms with van der Waals surface area (Å²) < 4.78 is 5.17. The summed E-state index contributed by atoms with van der Waals surface area (Å²) in [7, 11) is 1.62. The number of hydrogen-bond donors (Lipinski definition) is 1. The Morgan fingerprint density at radius 2 is 1.85 bits per heavy atom. The number of hydrogen-bond acceptors (Lipinski definition) is 4. The van der Waals surface area contributed by atoms with Gasteiger partial charge in [0.15, 0.2) is 0 Å². The summed E-state index contributed by atoms with van der Waals surface area (Å²) in [6.07, 6.45) is 5.07. The van der Waals surface area contributed by atoms with Gasteiger partial charge in [-0.15, -0.1) is 0 Å². The van der Waals surface area contributed by atoms with Crippen molar-refractivity contribution in [2.45, 2.75) is 38.1 Å². The topological polar surface area (TPSA) is 61.9 Å². The van der Waals surface area contributed by atoms with Gasteiger partial charge in [-0.3, -0.25) is 9.59 Å². The van der Waals surface area contributed by atoms with Gasteiger partial charge in [0.05, 0.1) is 13.0 Å². The van der Waals surface area contributed by atoms with Gasteiger partial charge in [-0.25, -0.2) is 0 Å². The molecule has 0 radical (unpaired) electrons. The molecular formula is C21H29N3O3. The normalized spacial score (nSPS) is 23.7. The highest BCUT2D eigenvalue weighted by Crippen LogP contribution is 2.29. The van der Waals surface area contributed by atoms with Gasteiger partial charge >= 0.3 is 0 Å². The van der Waals surface area contributed by atoms with Crippen molar-refractivity contribution in [2.75, 3.05) is 38.2 Å². The van der Waals surface area contributed by atoms with E-state index in [1.54, 1.807) is 12.0 Å². The van der Waals surface area contributed by atoms with Gasteiger partial charge in [-0.05, 0) is 62.4 Å². The molecule has 1 atom stereocenters. The fourth-order valence-electron chi connectivity index (χ4n) is 4.10. The number of carbonyl (C=O) groups is 2. The number of amides is 2. The minimum Gasteiger partial charge on any atom is -0.497 e. The van der Waals surface area contributed by atoms with Crippen molar-refractivity contribution < 1.29 is 14.3 Å². The van der Waals surface area contributed by atoms with Crippen LogP contribution in [0.2, 0.25) is 0 Å². The van der Waals surface area contributed by atoms with E-state index in [1.165, 1.54) is 12.8 Å². The Morgan fingerprint density at radius 1 is 1.15 bits per heavy atom. The van der Waals surface area contributed by atoms with Gasteiger partial charge < -0.3 is 19.9 Å². The van der Waals surface area contributed by atoms with Crippen LogP contribution in [-0.2, 0) is 9.59 Å². The highest BCUT2D eigenvalue weighted by Gasteiger charge is 2.38. The first kappa shape index (κ1) is 18.3. The van der Waals surface area contributed by atoms with E-state index < -0.39 is 0 Å². The lowest BCUT2D eigenvalue weighted by atomic mass is 10.0. The molecule has 4 rings (SSSR count). The van der Waals surface area contributed by atoms with Crippen LogP contribution in [0.3, 0.4) is 0 Å². The maximum atomic E-state index is 12.9. The van der Waals surface area contributed by atoms with Crippen LogP contribution in [0.15, 0.2) is 24.3 Å². The minimum absolute atomic E-state index is 0.0273. The Kier molecular flexibility index (Phi) is 5.34.